The second kappa shape index (κ2) is 5.09. The van der Waals surface area contributed by atoms with Crippen LogP contribution in [0.25, 0.3) is 32.4 Å². The lowest BCUT2D eigenvalue weighted by molar-refractivity contribution is -0.633. The zero-order valence-corrected chi connectivity index (χ0v) is 15.7. The van der Waals surface area contributed by atoms with E-state index in [0.29, 0.717) is 5.92 Å². The van der Waals surface area contributed by atoms with Crippen LogP contribution in [0.15, 0.2) is 34.9 Å². The quantitative estimate of drug-likeness (QED) is 0.379. The molecule has 25 heavy (non-hydrogen) atoms. The highest BCUT2D eigenvalue weighted by atomic mass is 32.1. The van der Waals surface area contributed by atoms with E-state index in [1.807, 2.05) is 0 Å². The maximum absolute atomic E-state index is 6.42. The number of ether oxygens (including phenoxy) is 1. The molecule has 1 aromatic carbocycles. The smallest absolute Gasteiger partial charge is 0.258 e. The van der Waals surface area contributed by atoms with Crippen molar-refractivity contribution in [2.24, 2.45) is 13.0 Å². The zero-order chi connectivity index (χ0) is 17.3. The van der Waals surface area contributed by atoms with Gasteiger partial charge in [-0.2, -0.15) is 4.57 Å². The number of furan rings is 1. The number of nitrogens with zero attached hydrogens (tertiary/aromatic N) is 1. The Morgan fingerprint density at radius 3 is 2.80 bits per heavy atom. The number of benzene rings is 1. The summed E-state index contributed by atoms with van der Waals surface area (Å²) in [4.78, 5) is 2.23. The summed E-state index contributed by atoms with van der Waals surface area (Å²) in [6.07, 6.45) is 2.74. The number of thiophene rings is 1. The van der Waals surface area contributed by atoms with Gasteiger partial charge in [-0.3, -0.25) is 0 Å². The second-order valence-corrected chi connectivity index (χ2v) is 8.42. The van der Waals surface area contributed by atoms with Crippen molar-refractivity contribution in [1.29, 1.82) is 0 Å². The van der Waals surface area contributed by atoms with Gasteiger partial charge in [-0.05, 0) is 25.3 Å². The van der Waals surface area contributed by atoms with E-state index in [1.165, 1.54) is 32.6 Å². The van der Waals surface area contributed by atoms with Crippen molar-refractivity contribution < 1.29 is 13.7 Å². The van der Waals surface area contributed by atoms with Crippen LogP contribution in [-0.2, 0) is 13.5 Å². The van der Waals surface area contributed by atoms with Gasteiger partial charge in [-0.25, -0.2) is 0 Å². The molecule has 3 nitrogen and oxygen atoms in total. The largest absolute Gasteiger partial charge is 0.450 e. The molecule has 4 heterocycles. The van der Waals surface area contributed by atoms with E-state index in [-0.39, 0.29) is 0 Å². The predicted octanol–water partition coefficient (Wildman–Crippen LogP) is 5.75. The first-order chi connectivity index (χ1) is 12.1. The fourth-order valence-corrected chi connectivity index (χ4v) is 5.00. The molecule has 0 saturated carbocycles. The molecular formula is C21H20NO2S+. The van der Waals surface area contributed by atoms with Crippen molar-refractivity contribution in [2.45, 2.75) is 27.2 Å². The van der Waals surface area contributed by atoms with Gasteiger partial charge in [0.05, 0.1) is 16.3 Å². The SMILES string of the molecule is Cc1sc2occ3c2c1-c1c(c(CC(C)C)c2ccccc2[n+]1C)O3. The molecule has 126 valence electrons. The van der Waals surface area contributed by atoms with Gasteiger partial charge in [-0.15, -0.1) is 11.3 Å². The average Bonchev–Trinajstić information content (AvgIpc) is 3.14. The van der Waals surface area contributed by atoms with E-state index in [2.05, 4.69) is 56.7 Å². The van der Waals surface area contributed by atoms with Crippen LogP contribution in [0.4, 0.5) is 0 Å². The minimum Gasteiger partial charge on any atom is -0.450 e. The first-order valence-corrected chi connectivity index (χ1v) is 9.50. The molecule has 4 aromatic rings. The number of para-hydroxylation sites is 1. The average molecular weight is 350 g/mol. The van der Waals surface area contributed by atoms with Gasteiger partial charge in [0, 0.05) is 16.5 Å². The van der Waals surface area contributed by atoms with E-state index in [1.54, 1.807) is 17.6 Å². The number of fused-ring (bicyclic) bond motifs is 3. The number of aryl methyl sites for hydroxylation is 2. The van der Waals surface area contributed by atoms with E-state index >= 15 is 0 Å². The monoisotopic (exact) mass is 350 g/mol. The van der Waals surface area contributed by atoms with Crippen LogP contribution < -0.4 is 9.30 Å². The summed E-state index contributed by atoms with van der Waals surface area (Å²) < 4.78 is 14.4. The van der Waals surface area contributed by atoms with Gasteiger partial charge in [0.15, 0.2) is 10.6 Å². The number of hydrogen-bond acceptors (Lipinski definition) is 3. The summed E-state index contributed by atoms with van der Waals surface area (Å²) >= 11 is 1.70. The molecule has 0 radical (unpaired) electrons. The van der Waals surface area contributed by atoms with E-state index in [9.17, 15) is 0 Å². The standard InChI is InChI=1S/C21H20NO2S/c1-11(2)9-14-13-7-5-6-8-15(13)22(4)19-17-12(3)25-21-18(17)16(10-23-21)24-20(14)19/h5-8,10-11H,9H2,1-4H3/q+1. The Morgan fingerprint density at radius 2 is 2.00 bits per heavy atom. The first-order valence-electron chi connectivity index (χ1n) is 8.68. The highest BCUT2D eigenvalue weighted by Gasteiger charge is 2.36. The summed E-state index contributed by atoms with van der Waals surface area (Å²) in [5.74, 6) is 2.40. The first kappa shape index (κ1) is 15.0. The van der Waals surface area contributed by atoms with Crippen LogP contribution in [0, 0.1) is 12.8 Å². The molecule has 0 spiro atoms. The fraction of sp³-hybridized carbons (Fsp3) is 0.286. The van der Waals surface area contributed by atoms with Gasteiger partial charge in [0.2, 0.25) is 11.3 Å². The molecule has 4 heteroatoms. The summed E-state index contributed by atoms with van der Waals surface area (Å²) in [7, 11) is 2.14. The third-order valence-electron chi connectivity index (χ3n) is 5.05. The number of hydrogen-bond donors (Lipinski definition) is 0. The molecule has 0 atom stereocenters. The Kier molecular flexibility index (Phi) is 3.04. The van der Waals surface area contributed by atoms with E-state index < -0.39 is 0 Å². The molecule has 0 fully saturated rings. The van der Waals surface area contributed by atoms with Crippen LogP contribution in [-0.4, -0.2) is 0 Å². The molecule has 1 aliphatic heterocycles. The van der Waals surface area contributed by atoms with Gasteiger partial charge >= 0.3 is 0 Å². The Labute approximate surface area is 150 Å². The maximum Gasteiger partial charge on any atom is 0.258 e. The maximum atomic E-state index is 6.42. The van der Waals surface area contributed by atoms with Crippen molar-refractivity contribution in [3.63, 3.8) is 0 Å². The summed E-state index contributed by atoms with van der Waals surface area (Å²) in [5.41, 5.74) is 4.98. The highest BCUT2D eigenvalue weighted by Crippen LogP contribution is 2.52. The highest BCUT2D eigenvalue weighted by molar-refractivity contribution is 7.19. The van der Waals surface area contributed by atoms with Crippen molar-refractivity contribution in [1.82, 2.24) is 0 Å². The van der Waals surface area contributed by atoms with Gasteiger partial charge in [0.25, 0.3) is 5.69 Å². The van der Waals surface area contributed by atoms with Crippen molar-refractivity contribution in [2.75, 3.05) is 0 Å². The third-order valence-corrected chi connectivity index (χ3v) is 6.04. The zero-order valence-electron chi connectivity index (χ0n) is 14.8. The molecule has 5 rings (SSSR count). The molecule has 0 saturated heterocycles. The minimum atomic E-state index is 0.554. The molecule has 3 aromatic heterocycles. The number of rotatable bonds is 2. The molecular weight excluding hydrogens is 330 g/mol. The Balaban J connectivity index is 1.97. The van der Waals surface area contributed by atoms with Crippen molar-refractivity contribution in [3.05, 3.63) is 41.0 Å². The van der Waals surface area contributed by atoms with E-state index in [0.717, 1.165) is 28.2 Å². The fourth-order valence-electron chi connectivity index (χ4n) is 4.02. The van der Waals surface area contributed by atoms with E-state index in [4.69, 9.17) is 9.15 Å². The van der Waals surface area contributed by atoms with Crippen LogP contribution in [0.2, 0.25) is 0 Å². The van der Waals surface area contributed by atoms with Crippen LogP contribution >= 0.6 is 11.3 Å². The molecule has 0 unspecified atom stereocenters. The molecule has 0 bridgehead atoms. The molecule has 0 aliphatic carbocycles. The number of aromatic nitrogens is 1. The lowest BCUT2D eigenvalue weighted by atomic mass is 9.93. The van der Waals surface area contributed by atoms with Crippen molar-refractivity contribution >= 4 is 32.5 Å². The molecule has 0 amide bonds. The van der Waals surface area contributed by atoms with Gasteiger partial charge < -0.3 is 9.15 Å². The Morgan fingerprint density at radius 1 is 1.20 bits per heavy atom. The lowest BCUT2D eigenvalue weighted by Gasteiger charge is -2.20. The second-order valence-electron chi connectivity index (χ2n) is 7.23. The predicted molar refractivity (Wildman–Crippen MR) is 102 cm³/mol. The van der Waals surface area contributed by atoms with Crippen LogP contribution in [0.5, 0.6) is 11.5 Å². The summed E-state index contributed by atoms with van der Waals surface area (Å²) in [6, 6.07) is 8.62. The van der Waals surface area contributed by atoms with Gasteiger partial charge in [0.1, 0.15) is 13.3 Å². The summed E-state index contributed by atoms with van der Waals surface area (Å²) in [5, 5.41) is 2.39. The lowest BCUT2D eigenvalue weighted by Crippen LogP contribution is -2.34. The van der Waals surface area contributed by atoms with Gasteiger partial charge in [-0.1, -0.05) is 26.0 Å². The molecule has 1 aliphatic rings. The third kappa shape index (κ3) is 1.94. The topological polar surface area (TPSA) is 26.2 Å². The van der Waals surface area contributed by atoms with Crippen LogP contribution in [0.1, 0.15) is 24.3 Å². The normalized spacial score (nSPS) is 12.8. The molecule has 0 N–H and O–H groups in total. The Hall–Kier alpha value is -2.33. The van der Waals surface area contributed by atoms with Crippen LogP contribution in [0.3, 0.4) is 0 Å². The number of pyridine rings is 1. The van der Waals surface area contributed by atoms with Crippen molar-refractivity contribution in [3.8, 4) is 22.8 Å². The summed E-state index contributed by atoms with van der Waals surface area (Å²) in [6.45, 7) is 6.69. The minimum absolute atomic E-state index is 0.554. The Bertz CT molecular complexity index is 1150.